The van der Waals surface area contributed by atoms with E-state index in [0.29, 0.717) is 6.04 Å². The van der Waals surface area contributed by atoms with Gasteiger partial charge in [0, 0.05) is 24.2 Å². The van der Waals surface area contributed by atoms with Gasteiger partial charge in [-0.3, -0.25) is 4.68 Å². The molecule has 3 nitrogen and oxygen atoms in total. The number of hydrogen-bond acceptors (Lipinski definition) is 3. The monoisotopic (exact) mass is 227 g/mol. The predicted octanol–water partition coefficient (Wildman–Crippen LogP) is 2.29. The molecule has 0 aliphatic rings. The van der Waals surface area contributed by atoms with Gasteiger partial charge in [0.15, 0.2) is 0 Å². The van der Waals surface area contributed by atoms with Crippen molar-refractivity contribution in [3.8, 4) is 0 Å². The molecule has 0 saturated heterocycles. The van der Waals surface area contributed by atoms with Gasteiger partial charge in [-0.2, -0.15) is 5.10 Å². The number of hydrogen-bond donors (Lipinski definition) is 1. The summed E-state index contributed by atoms with van der Waals surface area (Å²) in [5.41, 5.74) is 0. The lowest BCUT2D eigenvalue weighted by atomic mass is 10.1. The Morgan fingerprint density at radius 2 is 2.33 bits per heavy atom. The molecule has 4 heteroatoms. The Morgan fingerprint density at radius 1 is 1.53 bits per heavy atom. The summed E-state index contributed by atoms with van der Waals surface area (Å²) in [4.78, 5) is 1.28. The van der Waals surface area contributed by atoms with Crippen molar-refractivity contribution in [2.45, 2.75) is 37.1 Å². The molecule has 1 aromatic heterocycles. The van der Waals surface area contributed by atoms with Crippen LogP contribution in [0.3, 0.4) is 0 Å². The van der Waals surface area contributed by atoms with E-state index in [1.54, 1.807) is 0 Å². The van der Waals surface area contributed by atoms with Crippen molar-refractivity contribution in [3.63, 3.8) is 0 Å². The van der Waals surface area contributed by atoms with Gasteiger partial charge in [0.2, 0.25) is 0 Å². The second-order valence-electron chi connectivity index (χ2n) is 3.88. The van der Waals surface area contributed by atoms with Crippen molar-refractivity contribution >= 4 is 11.8 Å². The van der Waals surface area contributed by atoms with Gasteiger partial charge in [-0.05, 0) is 32.6 Å². The molecule has 0 aliphatic carbocycles. The lowest BCUT2D eigenvalue weighted by Crippen LogP contribution is -2.20. The minimum atomic E-state index is 0.647. The second kappa shape index (κ2) is 6.90. The maximum Gasteiger partial charge on any atom is 0.0625 e. The molecular weight excluding hydrogens is 206 g/mol. The van der Waals surface area contributed by atoms with E-state index in [9.17, 15) is 0 Å². The highest BCUT2D eigenvalue weighted by Crippen LogP contribution is 2.18. The van der Waals surface area contributed by atoms with Gasteiger partial charge >= 0.3 is 0 Å². The third-order valence-electron chi connectivity index (χ3n) is 2.47. The molecule has 1 heterocycles. The Morgan fingerprint density at radius 3 is 2.93 bits per heavy atom. The van der Waals surface area contributed by atoms with E-state index in [2.05, 4.69) is 23.5 Å². The molecule has 0 spiro atoms. The summed E-state index contributed by atoms with van der Waals surface area (Å²) in [6, 6.07) is 0.647. The average Bonchev–Trinajstić information content (AvgIpc) is 2.63. The highest BCUT2D eigenvalue weighted by Gasteiger charge is 1.99. The zero-order valence-electron chi connectivity index (χ0n) is 9.86. The molecule has 0 aliphatic heterocycles. The maximum absolute atomic E-state index is 4.14. The van der Waals surface area contributed by atoms with Gasteiger partial charge in [0.1, 0.15) is 0 Å². The fraction of sp³-hybridized carbons (Fsp3) is 0.727. The van der Waals surface area contributed by atoms with Gasteiger partial charge in [-0.15, -0.1) is 11.8 Å². The van der Waals surface area contributed by atoms with E-state index >= 15 is 0 Å². The Bertz CT molecular complexity index is 273. The molecule has 1 atom stereocenters. The van der Waals surface area contributed by atoms with Crippen LogP contribution in [0.4, 0.5) is 0 Å². The Kier molecular flexibility index (Phi) is 5.79. The van der Waals surface area contributed by atoms with Gasteiger partial charge in [0.05, 0.1) is 6.20 Å². The van der Waals surface area contributed by atoms with E-state index in [0.717, 1.165) is 0 Å². The van der Waals surface area contributed by atoms with Gasteiger partial charge in [-0.1, -0.05) is 6.42 Å². The smallest absolute Gasteiger partial charge is 0.0625 e. The molecule has 0 aromatic carbocycles. The topological polar surface area (TPSA) is 29.9 Å². The highest BCUT2D eigenvalue weighted by molar-refractivity contribution is 7.99. The van der Waals surface area contributed by atoms with Crippen LogP contribution in [0.15, 0.2) is 17.3 Å². The molecule has 0 radical (unpaired) electrons. The standard InChI is InChI=1S/C11H21N3S/c1-10(12-2)6-4-5-7-15-11-8-13-14(3)9-11/h8-10,12H,4-7H2,1-3H3. The lowest BCUT2D eigenvalue weighted by Gasteiger charge is -2.08. The van der Waals surface area contributed by atoms with Crippen LogP contribution in [-0.2, 0) is 7.05 Å². The molecule has 15 heavy (non-hydrogen) atoms. The minimum Gasteiger partial charge on any atom is -0.317 e. The highest BCUT2D eigenvalue weighted by atomic mass is 32.2. The molecule has 0 bridgehead atoms. The van der Waals surface area contributed by atoms with Crippen molar-refractivity contribution in [1.82, 2.24) is 15.1 Å². The van der Waals surface area contributed by atoms with Crippen LogP contribution in [0.2, 0.25) is 0 Å². The van der Waals surface area contributed by atoms with Crippen LogP contribution < -0.4 is 5.32 Å². The zero-order valence-corrected chi connectivity index (χ0v) is 10.7. The first-order valence-corrected chi connectivity index (χ1v) is 6.49. The quantitative estimate of drug-likeness (QED) is 0.572. The molecular formula is C11H21N3S. The fourth-order valence-electron chi connectivity index (χ4n) is 1.36. The van der Waals surface area contributed by atoms with Crippen LogP contribution >= 0.6 is 11.8 Å². The summed E-state index contributed by atoms with van der Waals surface area (Å²) in [7, 11) is 3.98. The molecule has 1 unspecified atom stereocenters. The number of thioether (sulfide) groups is 1. The number of unbranched alkanes of at least 4 members (excludes halogenated alkanes) is 1. The van der Waals surface area contributed by atoms with E-state index in [4.69, 9.17) is 0 Å². The minimum absolute atomic E-state index is 0.647. The van der Waals surface area contributed by atoms with Gasteiger partial charge in [-0.25, -0.2) is 0 Å². The zero-order chi connectivity index (χ0) is 11.1. The van der Waals surface area contributed by atoms with Crippen molar-refractivity contribution in [2.24, 2.45) is 7.05 Å². The van der Waals surface area contributed by atoms with E-state index in [1.165, 1.54) is 29.9 Å². The van der Waals surface area contributed by atoms with Crippen molar-refractivity contribution in [3.05, 3.63) is 12.4 Å². The Hall–Kier alpha value is -0.480. The van der Waals surface area contributed by atoms with Crippen LogP contribution in [0.25, 0.3) is 0 Å². The first-order valence-electron chi connectivity index (χ1n) is 5.51. The average molecular weight is 227 g/mol. The van der Waals surface area contributed by atoms with Crippen LogP contribution in [0, 0.1) is 0 Å². The normalized spacial score (nSPS) is 13.0. The van der Waals surface area contributed by atoms with Crippen LogP contribution in [0.1, 0.15) is 26.2 Å². The molecule has 0 fully saturated rings. The summed E-state index contributed by atoms with van der Waals surface area (Å²) in [5, 5.41) is 7.40. The number of rotatable bonds is 7. The molecule has 1 rings (SSSR count). The van der Waals surface area contributed by atoms with Crippen molar-refractivity contribution in [2.75, 3.05) is 12.8 Å². The summed E-state index contributed by atoms with van der Waals surface area (Å²) >= 11 is 1.90. The number of nitrogens with one attached hydrogen (secondary N) is 1. The fourth-order valence-corrected chi connectivity index (χ4v) is 2.29. The Labute approximate surface area is 96.6 Å². The predicted molar refractivity (Wildman–Crippen MR) is 66.3 cm³/mol. The summed E-state index contributed by atoms with van der Waals surface area (Å²) < 4.78 is 1.85. The molecule has 0 amide bonds. The molecule has 86 valence electrons. The number of aryl methyl sites for hydroxylation is 1. The number of aromatic nitrogens is 2. The Balaban J connectivity index is 2.02. The van der Waals surface area contributed by atoms with Crippen molar-refractivity contribution < 1.29 is 0 Å². The largest absolute Gasteiger partial charge is 0.317 e. The lowest BCUT2D eigenvalue weighted by molar-refractivity contribution is 0.539. The van der Waals surface area contributed by atoms with E-state index in [-0.39, 0.29) is 0 Å². The third-order valence-corrected chi connectivity index (χ3v) is 3.51. The third kappa shape index (κ3) is 5.23. The SMILES string of the molecule is CNC(C)CCCCSc1cnn(C)c1. The van der Waals surface area contributed by atoms with Gasteiger partial charge in [0.25, 0.3) is 0 Å². The first kappa shape index (κ1) is 12.6. The van der Waals surface area contributed by atoms with Crippen LogP contribution in [-0.4, -0.2) is 28.6 Å². The first-order chi connectivity index (χ1) is 7.22. The summed E-state index contributed by atoms with van der Waals surface area (Å²) in [5.74, 6) is 1.20. The summed E-state index contributed by atoms with van der Waals surface area (Å²) in [6.07, 6.45) is 7.85. The molecule has 0 saturated carbocycles. The molecule has 1 aromatic rings. The summed E-state index contributed by atoms with van der Waals surface area (Å²) in [6.45, 7) is 2.23. The van der Waals surface area contributed by atoms with Crippen molar-refractivity contribution in [1.29, 1.82) is 0 Å². The number of nitrogens with zero attached hydrogens (tertiary/aromatic N) is 2. The maximum atomic E-state index is 4.14. The van der Waals surface area contributed by atoms with Crippen LogP contribution in [0.5, 0.6) is 0 Å². The van der Waals surface area contributed by atoms with E-state index in [1.807, 2.05) is 36.7 Å². The van der Waals surface area contributed by atoms with Gasteiger partial charge < -0.3 is 5.32 Å². The second-order valence-corrected chi connectivity index (χ2v) is 5.05. The molecule has 1 N–H and O–H groups in total. The van der Waals surface area contributed by atoms with E-state index < -0.39 is 0 Å².